The van der Waals surface area contributed by atoms with Crippen LogP contribution in [0.4, 0.5) is 0 Å². The zero-order valence-electron chi connectivity index (χ0n) is 11.0. The van der Waals surface area contributed by atoms with Crippen LogP contribution in [0, 0.1) is 0 Å². The molecule has 1 N–H and O–H groups in total. The Morgan fingerprint density at radius 3 is 3.00 bits per heavy atom. The Labute approximate surface area is 120 Å². The van der Waals surface area contributed by atoms with Crippen molar-refractivity contribution in [3.8, 4) is 0 Å². The number of imidazole rings is 1. The Balaban J connectivity index is 1.96. The van der Waals surface area contributed by atoms with Crippen LogP contribution in [0.5, 0.6) is 0 Å². The molecule has 2 aromatic rings. The van der Waals surface area contributed by atoms with Gasteiger partial charge in [-0.2, -0.15) is 0 Å². The molecule has 0 saturated heterocycles. The van der Waals surface area contributed by atoms with Gasteiger partial charge in [0.05, 0.1) is 13.4 Å². The Bertz CT molecular complexity index is 551. The topological polar surface area (TPSA) is 73.2 Å². The van der Waals surface area contributed by atoms with Gasteiger partial charge in [0.15, 0.2) is 0 Å². The van der Waals surface area contributed by atoms with Gasteiger partial charge in [-0.05, 0) is 11.4 Å². The Kier molecular flexibility index (Phi) is 4.89. The molecule has 7 heteroatoms. The van der Waals surface area contributed by atoms with E-state index < -0.39 is 12.0 Å². The summed E-state index contributed by atoms with van der Waals surface area (Å²) in [5.41, 5.74) is 0. The largest absolute Gasteiger partial charge is 0.467 e. The molecule has 0 spiro atoms. The predicted molar refractivity (Wildman–Crippen MR) is 74.2 cm³/mol. The molecular formula is C13H15N3O3S. The maximum atomic E-state index is 11.9. The second kappa shape index (κ2) is 6.85. The summed E-state index contributed by atoms with van der Waals surface area (Å²) in [5.74, 6) is -0.702. The van der Waals surface area contributed by atoms with Gasteiger partial charge in [0.2, 0.25) is 5.91 Å². The SMILES string of the molecule is COC(=O)C(Cc1cccs1)NC(=O)Cn1ccnc1. The van der Waals surface area contributed by atoms with Crippen molar-refractivity contribution in [2.24, 2.45) is 0 Å². The summed E-state index contributed by atoms with van der Waals surface area (Å²) < 4.78 is 6.36. The molecule has 1 amide bonds. The van der Waals surface area contributed by atoms with E-state index in [0.717, 1.165) is 4.88 Å². The highest BCUT2D eigenvalue weighted by molar-refractivity contribution is 7.09. The van der Waals surface area contributed by atoms with Crippen molar-refractivity contribution in [2.45, 2.75) is 19.0 Å². The summed E-state index contributed by atoms with van der Waals surface area (Å²) in [4.78, 5) is 28.5. The second-order valence-electron chi connectivity index (χ2n) is 4.16. The van der Waals surface area contributed by atoms with Crippen LogP contribution in [-0.4, -0.2) is 34.6 Å². The van der Waals surface area contributed by atoms with Crippen LogP contribution in [0.25, 0.3) is 0 Å². The fraction of sp³-hybridized carbons (Fsp3) is 0.308. The lowest BCUT2D eigenvalue weighted by Crippen LogP contribution is -2.44. The van der Waals surface area contributed by atoms with Crippen molar-refractivity contribution in [1.82, 2.24) is 14.9 Å². The number of nitrogens with zero attached hydrogens (tertiary/aromatic N) is 2. The lowest BCUT2D eigenvalue weighted by Gasteiger charge is -2.15. The number of rotatable bonds is 6. The summed E-state index contributed by atoms with van der Waals surface area (Å²) in [6.07, 6.45) is 5.26. The van der Waals surface area contributed by atoms with E-state index in [0.29, 0.717) is 6.42 Å². The summed E-state index contributed by atoms with van der Waals surface area (Å²) >= 11 is 1.54. The van der Waals surface area contributed by atoms with Crippen LogP contribution in [0.2, 0.25) is 0 Å². The van der Waals surface area contributed by atoms with E-state index in [9.17, 15) is 9.59 Å². The number of esters is 1. The predicted octanol–water partition coefficient (Wildman–Crippen LogP) is 0.845. The van der Waals surface area contributed by atoms with Crippen molar-refractivity contribution in [3.63, 3.8) is 0 Å². The van der Waals surface area contributed by atoms with Crippen LogP contribution in [0.15, 0.2) is 36.2 Å². The van der Waals surface area contributed by atoms with Crippen molar-refractivity contribution in [2.75, 3.05) is 7.11 Å². The van der Waals surface area contributed by atoms with Gasteiger partial charge >= 0.3 is 5.97 Å². The molecule has 0 bridgehead atoms. The minimum absolute atomic E-state index is 0.123. The maximum absolute atomic E-state index is 11.9. The average molecular weight is 293 g/mol. The molecule has 0 aliphatic carbocycles. The first-order chi connectivity index (χ1) is 9.69. The molecule has 0 aromatic carbocycles. The molecule has 0 aliphatic rings. The number of nitrogens with one attached hydrogen (secondary N) is 1. The monoisotopic (exact) mass is 293 g/mol. The van der Waals surface area contributed by atoms with E-state index >= 15 is 0 Å². The van der Waals surface area contributed by atoms with Gasteiger partial charge in [-0.15, -0.1) is 11.3 Å². The average Bonchev–Trinajstić information content (AvgIpc) is 3.10. The summed E-state index contributed by atoms with van der Waals surface area (Å²) in [7, 11) is 1.31. The molecule has 1 atom stereocenters. The minimum atomic E-state index is -0.672. The Morgan fingerprint density at radius 1 is 1.55 bits per heavy atom. The van der Waals surface area contributed by atoms with E-state index in [1.165, 1.54) is 18.4 Å². The molecule has 0 fully saturated rings. The van der Waals surface area contributed by atoms with Crippen LogP contribution >= 0.6 is 11.3 Å². The molecule has 0 aliphatic heterocycles. The Morgan fingerprint density at radius 2 is 2.40 bits per heavy atom. The van der Waals surface area contributed by atoms with Gasteiger partial charge in [0.25, 0.3) is 0 Å². The van der Waals surface area contributed by atoms with E-state index in [1.54, 1.807) is 23.3 Å². The van der Waals surface area contributed by atoms with Crippen molar-refractivity contribution >= 4 is 23.2 Å². The molecule has 2 heterocycles. The van der Waals surface area contributed by atoms with Gasteiger partial charge in [-0.3, -0.25) is 4.79 Å². The van der Waals surface area contributed by atoms with Gasteiger partial charge in [-0.1, -0.05) is 6.07 Å². The number of hydrogen-bond donors (Lipinski definition) is 1. The maximum Gasteiger partial charge on any atom is 0.328 e. The molecule has 20 heavy (non-hydrogen) atoms. The van der Waals surface area contributed by atoms with E-state index in [4.69, 9.17) is 4.74 Å². The summed E-state index contributed by atoms with van der Waals surface area (Å²) in [6.45, 7) is 0.123. The van der Waals surface area contributed by atoms with E-state index in [1.807, 2.05) is 17.5 Å². The third-order valence-electron chi connectivity index (χ3n) is 2.69. The molecule has 106 valence electrons. The summed E-state index contributed by atoms with van der Waals surface area (Å²) in [5, 5.41) is 4.62. The third-order valence-corrected chi connectivity index (χ3v) is 3.59. The number of carbonyl (C=O) groups excluding carboxylic acids is 2. The molecular weight excluding hydrogens is 278 g/mol. The van der Waals surface area contributed by atoms with Crippen molar-refractivity contribution in [3.05, 3.63) is 41.1 Å². The minimum Gasteiger partial charge on any atom is -0.467 e. The number of methoxy groups -OCH3 is 1. The normalized spacial score (nSPS) is 11.8. The number of ether oxygens (including phenoxy) is 1. The van der Waals surface area contributed by atoms with Crippen LogP contribution in [0.1, 0.15) is 4.88 Å². The summed E-state index contributed by atoms with van der Waals surface area (Å²) in [6, 6.07) is 3.15. The number of thiophene rings is 1. The van der Waals surface area contributed by atoms with Gasteiger partial charge in [0, 0.05) is 23.7 Å². The fourth-order valence-corrected chi connectivity index (χ4v) is 2.50. The van der Waals surface area contributed by atoms with Crippen molar-refractivity contribution in [1.29, 1.82) is 0 Å². The standard InChI is InChI=1S/C13H15N3O3S/c1-19-13(18)11(7-10-3-2-6-20-10)15-12(17)8-16-5-4-14-9-16/h2-6,9,11H,7-8H2,1H3,(H,15,17). The fourth-order valence-electron chi connectivity index (χ4n) is 1.75. The first kappa shape index (κ1) is 14.3. The highest BCUT2D eigenvalue weighted by Crippen LogP contribution is 2.11. The Hall–Kier alpha value is -2.15. The highest BCUT2D eigenvalue weighted by atomic mass is 32.1. The highest BCUT2D eigenvalue weighted by Gasteiger charge is 2.22. The zero-order valence-corrected chi connectivity index (χ0v) is 11.8. The van der Waals surface area contributed by atoms with Crippen LogP contribution in [-0.2, 0) is 27.3 Å². The van der Waals surface area contributed by atoms with E-state index in [2.05, 4.69) is 10.3 Å². The quantitative estimate of drug-likeness (QED) is 0.801. The molecule has 0 radical (unpaired) electrons. The van der Waals surface area contributed by atoms with Gasteiger partial charge in [-0.25, -0.2) is 9.78 Å². The van der Waals surface area contributed by atoms with E-state index in [-0.39, 0.29) is 12.5 Å². The lowest BCUT2D eigenvalue weighted by atomic mass is 10.2. The molecule has 0 saturated carbocycles. The van der Waals surface area contributed by atoms with Crippen LogP contribution in [0.3, 0.4) is 0 Å². The smallest absolute Gasteiger partial charge is 0.328 e. The zero-order chi connectivity index (χ0) is 14.4. The van der Waals surface area contributed by atoms with Gasteiger partial charge < -0.3 is 14.6 Å². The molecule has 2 rings (SSSR count). The van der Waals surface area contributed by atoms with Crippen LogP contribution < -0.4 is 5.32 Å². The number of aromatic nitrogens is 2. The number of hydrogen-bond acceptors (Lipinski definition) is 5. The first-order valence-corrected chi connectivity index (χ1v) is 6.92. The van der Waals surface area contributed by atoms with Gasteiger partial charge in [0.1, 0.15) is 12.6 Å². The lowest BCUT2D eigenvalue weighted by molar-refractivity contribution is -0.145. The number of carbonyl (C=O) groups is 2. The van der Waals surface area contributed by atoms with Crippen molar-refractivity contribution < 1.29 is 14.3 Å². The second-order valence-corrected chi connectivity index (χ2v) is 5.19. The third kappa shape index (κ3) is 3.92. The molecule has 2 aromatic heterocycles. The first-order valence-electron chi connectivity index (χ1n) is 6.04. The molecule has 1 unspecified atom stereocenters. The number of amides is 1. The molecule has 6 nitrogen and oxygen atoms in total.